The minimum absolute atomic E-state index is 0.149. The van der Waals surface area contributed by atoms with E-state index in [9.17, 15) is 13.6 Å². The van der Waals surface area contributed by atoms with Gasteiger partial charge in [0.25, 0.3) is 5.91 Å². The predicted molar refractivity (Wildman–Crippen MR) is 156 cm³/mol. The Bertz CT molecular complexity index is 1440. The molecule has 0 aliphatic carbocycles. The van der Waals surface area contributed by atoms with Crippen LogP contribution in [0.15, 0.2) is 63.8 Å². The fourth-order valence-corrected chi connectivity index (χ4v) is 4.73. The van der Waals surface area contributed by atoms with Crippen molar-refractivity contribution in [1.82, 2.24) is 5.32 Å². The quantitative estimate of drug-likeness (QED) is 0.308. The van der Waals surface area contributed by atoms with Gasteiger partial charge in [0.15, 0.2) is 17.4 Å². The summed E-state index contributed by atoms with van der Waals surface area (Å²) in [6.07, 6.45) is 7.21. The first-order valence-corrected chi connectivity index (χ1v) is 13.2. The second kappa shape index (κ2) is 12.7. The van der Waals surface area contributed by atoms with Crippen molar-refractivity contribution < 1.29 is 18.3 Å². The summed E-state index contributed by atoms with van der Waals surface area (Å²) >= 11 is 0. The number of nitrogens with one attached hydrogen (secondary N) is 2. The first-order valence-electron chi connectivity index (χ1n) is 13.2. The molecule has 2 atom stereocenters. The van der Waals surface area contributed by atoms with Crippen LogP contribution in [0.25, 0.3) is 5.57 Å². The molecule has 2 aromatic carbocycles. The SMILES string of the molecule is CCc1cc(NC2=N/C=C\CCC3C(c4ccc(OC)c(F)c4F)=CN=C23)ccc1C(=O)NC(C)CN=C(C)N. The van der Waals surface area contributed by atoms with Crippen LogP contribution < -0.4 is 21.1 Å². The Morgan fingerprint density at radius 3 is 2.75 bits per heavy atom. The maximum absolute atomic E-state index is 15.0. The van der Waals surface area contributed by atoms with Gasteiger partial charge in [0, 0.05) is 41.2 Å². The van der Waals surface area contributed by atoms with Crippen LogP contribution in [-0.2, 0) is 6.42 Å². The summed E-state index contributed by atoms with van der Waals surface area (Å²) in [5.74, 6) is -1.64. The molecule has 2 aliphatic rings. The molecule has 1 amide bonds. The van der Waals surface area contributed by atoms with Crippen LogP contribution in [0.1, 0.15) is 55.1 Å². The zero-order valence-corrected chi connectivity index (χ0v) is 23.1. The average molecular weight is 549 g/mol. The number of carbonyl (C=O) groups excluding carboxylic acids is 1. The highest BCUT2D eigenvalue weighted by Crippen LogP contribution is 2.37. The fraction of sp³-hybridized carbons (Fsp3) is 0.333. The standard InChI is InChI=1S/C30H34F2N6O2/c1-5-19-14-20(9-10-21(19)30(39)37-17(2)15-35-18(3)33)38-29-28-23(8-6-7-13-34-29)24(16-36-28)22-11-12-25(40-4)27(32)26(22)31/h7,9-14,16-17,23H,5-6,8,15H2,1-4H3,(H2,33,35)(H,34,38)(H,37,39)/b13-7-. The number of aryl methyl sites for hydroxylation is 1. The van der Waals surface area contributed by atoms with E-state index in [4.69, 9.17) is 10.5 Å². The monoisotopic (exact) mass is 548 g/mol. The second-order valence-corrected chi connectivity index (χ2v) is 9.74. The lowest BCUT2D eigenvalue weighted by Gasteiger charge is -2.21. The highest BCUT2D eigenvalue weighted by Gasteiger charge is 2.32. The number of ether oxygens (including phenoxy) is 1. The molecule has 0 spiro atoms. The summed E-state index contributed by atoms with van der Waals surface area (Å²) < 4.78 is 34.4. The van der Waals surface area contributed by atoms with E-state index < -0.39 is 11.6 Å². The van der Waals surface area contributed by atoms with Crippen molar-refractivity contribution in [2.45, 2.75) is 46.1 Å². The summed E-state index contributed by atoms with van der Waals surface area (Å²) in [6, 6.07) is 8.25. The molecule has 2 aliphatic heterocycles. The normalized spacial score (nSPS) is 18.4. The molecule has 0 fully saturated rings. The Labute approximate surface area is 232 Å². The molecule has 0 aromatic heterocycles. The lowest BCUT2D eigenvalue weighted by molar-refractivity contribution is 0.0940. The number of halogens is 2. The number of fused-ring (bicyclic) bond motifs is 1. The molecule has 40 heavy (non-hydrogen) atoms. The van der Waals surface area contributed by atoms with Crippen LogP contribution in [0.2, 0.25) is 0 Å². The highest BCUT2D eigenvalue weighted by molar-refractivity contribution is 6.48. The minimum Gasteiger partial charge on any atom is -0.494 e. The van der Waals surface area contributed by atoms with E-state index in [1.165, 1.54) is 19.2 Å². The molecule has 2 unspecified atom stereocenters. The summed E-state index contributed by atoms with van der Waals surface area (Å²) in [4.78, 5) is 26.3. The zero-order chi connectivity index (χ0) is 28.8. The van der Waals surface area contributed by atoms with Crippen molar-refractivity contribution in [3.63, 3.8) is 0 Å². The van der Waals surface area contributed by atoms with Crippen LogP contribution >= 0.6 is 0 Å². The lowest BCUT2D eigenvalue weighted by Crippen LogP contribution is -2.35. The largest absolute Gasteiger partial charge is 0.494 e. The summed E-state index contributed by atoms with van der Waals surface area (Å²) in [5.41, 5.74) is 9.14. The minimum atomic E-state index is -1.03. The third-order valence-electron chi connectivity index (χ3n) is 6.79. The second-order valence-electron chi connectivity index (χ2n) is 9.74. The van der Waals surface area contributed by atoms with Gasteiger partial charge in [-0.25, -0.2) is 9.38 Å². The van der Waals surface area contributed by atoms with Crippen molar-refractivity contribution in [2.75, 3.05) is 19.0 Å². The number of benzene rings is 2. The van der Waals surface area contributed by atoms with Crippen molar-refractivity contribution >= 4 is 34.6 Å². The van der Waals surface area contributed by atoms with Gasteiger partial charge in [0.1, 0.15) is 0 Å². The number of amides is 1. The number of hydrogen-bond donors (Lipinski definition) is 3. The number of allylic oxidation sites excluding steroid dienone is 2. The van der Waals surface area contributed by atoms with Crippen LogP contribution in [0, 0.1) is 17.6 Å². The van der Waals surface area contributed by atoms with Crippen molar-refractivity contribution in [1.29, 1.82) is 0 Å². The molecule has 0 radical (unpaired) electrons. The molecule has 0 saturated heterocycles. The van der Waals surface area contributed by atoms with Gasteiger partial charge in [-0.1, -0.05) is 13.0 Å². The van der Waals surface area contributed by atoms with E-state index in [-0.39, 0.29) is 29.2 Å². The number of anilines is 1. The number of hydrogen-bond acceptors (Lipinski definition) is 6. The zero-order valence-electron chi connectivity index (χ0n) is 23.1. The van der Waals surface area contributed by atoms with E-state index in [0.29, 0.717) is 54.3 Å². The third kappa shape index (κ3) is 6.27. The van der Waals surface area contributed by atoms with Crippen molar-refractivity contribution in [3.8, 4) is 5.75 Å². The Hall–Kier alpha value is -4.34. The van der Waals surface area contributed by atoms with Gasteiger partial charge in [-0.2, -0.15) is 4.39 Å². The van der Waals surface area contributed by atoms with Crippen molar-refractivity contribution in [3.05, 3.63) is 77.1 Å². The molecule has 2 aromatic rings. The Balaban J connectivity index is 1.55. The molecular formula is C30H34F2N6O2. The Kier molecular flexibility index (Phi) is 9.08. The van der Waals surface area contributed by atoms with Gasteiger partial charge in [0.05, 0.1) is 25.2 Å². The number of amidine groups is 2. The van der Waals surface area contributed by atoms with Gasteiger partial charge in [-0.05, 0) is 74.6 Å². The summed E-state index contributed by atoms with van der Waals surface area (Å²) in [6.45, 7) is 5.96. The first kappa shape index (κ1) is 28.7. The van der Waals surface area contributed by atoms with Gasteiger partial charge < -0.3 is 21.1 Å². The van der Waals surface area contributed by atoms with Gasteiger partial charge in [-0.15, -0.1) is 0 Å². The van der Waals surface area contributed by atoms with Crippen LogP contribution in [0.5, 0.6) is 5.75 Å². The van der Waals surface area contributed by atoms with Crippen LogP contribution in [-0.4, -0.2) is 43.0 Å². The predicted octanol–water partition coefficient (Wildman–Crippen LogP) is 5.26. The Morgan fingerprint density at radius 1 is 1.23 bits per heavy atom. The molecule has 4 rings (SSSR count). The van der Waals surface area contributed by atoms with Crippen LogP contribution in [0.4, 0.5) is 14.5 Å². The van der Waals surface area contributed by atoms with Crippen molar-refractivity contribution in [2.24, 2.45) is 26.6 Å². The first-order chi connectivity index (χ1) is 19.2. The topological polar surface area (TPSA) is 113 Å². The molecule has 0 saturated carbocycles. The maximum atomic E-state index is 15.0. The number of methoxy groups -OCH3 is 1. The van der Waals surface area contributed by atoms with E-state index >= 15 is 0 Å². The van der Waals surface area contributed by atoms with E-state index in [1.54, 1.807) is 25.4 Å². The molecule has 10 heteroatoms. The average Bonchev–Trinajstić information content (AvgIpc) is 3.33. The molecule has 4 N–H and O–H groups in total. The van der Waals surface area contributed by atoms with Crippen LogP contribution in [0.3, 0.4) is 0 Å². The maximum Gasteiger partial charge on any atom is 0.251 e. The number of rotatable bonds is 8. The number of nitrogens with two attached hydrogens (primary N) is 1. The van der Waals surface area contributed by atoms with Gasteiger partial charge >= 0.3 is 0 Å². The van der Waals surface area contributed by atoms with E-state index in [0.717, 1.165) is 11.3 Å². The summed E-state index contributed by atoms with van der Waals surface area (Å²) in [7, 11) is 1.30. The Morgan fingerprint density at radius 2 is 2.02 bits per heavy atom. The lowest BCUT2D eigenvalue weighted by atomic mass is 9.86. The van der Waals surface area contributed by atoms with Gasteiger partial charge in [0.2, 0.25) is 5.82 Å². The van der Waals surface area contributed by atoms with E-state index in [1.807, 2.05) is 32.1 Å². The third-order valence-corrected chi connectivity index (χ3v) is 6.79. The highest BCUT2D eigenvalue weighted by atomic mass is 19.2. The molecule has 210 valence electrons. The summed E-state index contributed by atoms with van der Waals surface area (Å²) in [5, 5.41) is 6.30. The number of aliphatic imine (C=N–C) groups is 3. The molecule has 2 heterocycles. The number of nitrogens with zero attached hydrogens (tertiary/aromatic N) is 3. The fourth-order valence-electron chi connectivity index (χ4n) is 4.73. The molecular weight excluding hydrogens is 514 g/mol. The van der Waals surface area contributed by atoms with E-state index in [2.05, 4.69) is 25.6 Å². The number of carbonyl (C=O) groups is 1. The molecule has 0 bridgehead atoms. The smallest absolute Gasteiger partial charge is 0.251 e. The van der Waals surface area contributed by atoms with Gasteiger partial charge in [-0.3, -0.25) is 14.8 Å². The molecule has 8 nitrogen and oxygen atoms in total.